The van der Waals surface area contributed by atoms with Crippen LogP contribution in [0, 0.1) is 17.1 Å². The van der Waals surface area contributed by atoms with Gasteiger partial charge in [-0.25, -0.2) is 4.39 Å². The van der Waals surface area contributed by atoms with E-state index in [1.54, 1.807) is 12.1 Å². The molecule has 4 heteroatoms. The third-order valence-electron chi connectivity index (χ3n) is 3.29. The van der Waals surface area contributed by atoms with Crippen LogP contribution in [0.15, 0.2) is 18.2 Å². The van der Waals surface area contributed by atoms with E-state index in [-0.39, 0.29) is 17.6 Å². The van der Waals surface area contributed by atoms with Crippen molar-refractivity contribution in [3.05, 3.63) is 29.6 Å². The molecule has 1 aromatic carbocycles. The Kier molecular flexibility index (Phi) is 3.60. The molecule has 0 spiro atoms. The molecule has 2 atom stereocenters. The summed E-state index contributed by atoms with van der Waals surface area (Å²) < 4.78 is 13.4. The van der Waals surface area contributed by atoms with Crippen molar-refractivity contribution < 1.29 is 4.39 Å². The Balaban J connectivity index is 2.18. The molecule has 0 unspecified atom stereocenters. The smallest absolute Gasteiger partial charge is 0.143 e. The number of hydrogen-bond acceptors (Lipinski definition) is 3. The maximum atomic E-state index is 13.4. The molecule has 2 rings (SSSR count). The lowest BCUT2D eigenvalue weighted by atomic mass is 9.90. The summed E-state index contributed by atoms with van der Waals surface area (Å²) >= 11 is 0. The summed E-state index contributed by atoms with van der Waals surface area (Å²) in [5, 5.41) is 12.1. The second kappa shape index (κ2) is 5.15. The van der Waals surface area contributed by atoms with Crippen LogP contribution in [0.4, 0.5) is 10.1 Å². The lowest BCUT2D eigenvalue weighted by Crippen LogP contribution is -2.42. The summed E-state index contributed by atoms with van der Waals surface area (Å²) in [6.45, 7) is 0. The summed E-state index contributed by atoms with van der Waals surface area (Å²) in [6, 6.07) is 6.73. The quantitative estimate of drug-likeness (QED) is 0.824. The van der Waals surface area contributed by atoms with Crippen LogP contribution in [0.1, 0.15) is 31.2 Å². The van der Waals surface area contributed by atoms with Crippen molar-refractivity contribution in [3.8, 4) is 6.07 Å². The zero-order chi connectivity index (χ0) is 12.3. The van der Waals surface area contributed by atoms with Crippen molar-refractivity contribution in [2.75, 3.05) is 5.32 Å². The number of rotatable bonds is 2. The van der Waals surface area contributed by atoms with E-state index in [4.69, 9.17) is 11.0 Å². The average molecular weight is 233 g/mol. The molecule has 90 valence electrons. The van der Waals surface area contributed by atoms with Crippen LogP contribution in [0.25, 0.3) is 0 Å². The first-order valence-electron chi connectivity index (χ1n) is 5.93. The molecule has 3 nitrogen and oxygen atoms in total. The van der Waals surface area contributed by atoms with Crippen LogP contribution in [0.2, 0.25) is 0 Å². The maximum Gasteiger partial charge on any atom is 0.143 e. The molecule has 1 saturated carbocycles. The van der Waals surface area contributed by atoms with Crippen molar-refractivity contribution >= 4 is 5.69 Å². The van der Waals surface area contributed by atoms with Crippen LogP contribution in [0.3, 0.4) is 0 Å². The van der Waals surface area contributed by atoms with Crippen molar-refractivity contribution in [2.24, 2.45) is 5.73 Å². The van der Waals surface area contributed by atoms with Gasteiger partial charge in [-0.05, 0) is 25.0 Å². The summed E-state index contributed by atoms with van der Waals surface area (Å²) in [4.78, 5) is 0. The van der Waals surface area contributed by atoms with Gasteiger partial charge in [0.1, 0.15) is 17.4 Å². The topological polar surface area (TPSA) is 61.8 Å². The molecule has 0 saturated heterocycles. The zero-order valence-corrected chi connectivity index (χ0v) is 9.62. The standard InChI is InChI=1S/C13H16FN3/c14-10-4-3-7-12(9(10)8-15)17-13-6-2-1-5-11(13)16/h3-4,7,11,13,17H,1-2,5-6,16H2/t11-,13-/m1/s1. The van der Waals surface area contributed by atoms with Gasteiger partial charge in [0.05, 0.1) is 5.69 Å². The summed E-state index contributed by atoms with van der Waals surface area (Å²) in [7, 11) is 0. The molecule has 0 radical (unpaired) electrons. The number of hydrogen-bond donors (Lipinski definition) is 2. The number of benzene rings is 1. The van der Waals surface area contributed by atoms with E-state index < -0.39 is 5.82 Å². The summed E-state index contributed by atoms with van der Waals surface area (Å²) in [6.07, 6.45) is 4.23. The minimum absolute atomic E-state index is 0.0743. The van der Waals surface area contributed by atoms with Crippen LogP contribution < -0.4 is 11.1 Å². The first-order chi connectivity index (χ1) is 8.22. The first kappa shape index (κ1) is 11.9. The third kappa shape index (κ3) is 2.56. The van der Waals surface area contributed by atoms with Gasteiger partial charge in [-0.2, -0.15) is 5.26 Å². The molecule has 0 heterocycles. The highest BCUT2D eigenvalue weighted by molar-refractivity contribution is 5.58. The predicted octanol–water partition coefficient (Wildman–Crippen LogP) is 2.38. The van der Waals surface area contributed by atoms with E-state index in [0.717, 1.165) is 25.7 Å². The highest BCUT2D eigenvalue weighted by Gasteiger charge is 2.22. The molecule has 0 bridgehead atoms. The van der Waals surface area contributed by atoms with E-state index in [1.165, 1.54) is 6.07 Å². The second-order valence-corrected chi connectivity index (χ2v) is 4.47. The molecule has 1 aromatic rings. The van der Waals surface area contributed by atoms with E-state index >= 15 is 0 Å². The molecule has 0 amide bonds. The van der Waals surface area contributed by atoms with Gasteiger partial charge in [0.15, 0.2) is 0 Å². The molecule has 1 aliphatic carbocycles. The zero-order valence-electron chi connectivity index (χ0n) is 9.62. The van der Waals surface area contributed by atoms with Gasteiger partial charge in [-0.15, -0.1) is 0 Å². The van der Waals surface area contributed by atoms with Crippen LogP contribution in [0.5, 0.6) is 0 Å². The minimum atomic E-state index is -0.484. The Morgan fingerprint density at radius 2 is 2.12 bits per heavy atom. The van der Waals surface area contributed by atoms with Gasteiger partial charge in [0, 0.05) is 12.1 Å². The number of anilines is 1. The fourth-order valence-electron chi connectivity index (χ4n) is 2.30. The highest BCUT2D eigenvalue weighted by Crippen LogP contribution is 2.24. The lowest BCUT2D eigenvalue weighted by Gasteiger charge is -2.30. The summed E-state index contributed by atoms with van der Waals surface area (Å²) in [5.41, 5.74) is 6.64. The number of nitrogens with one attached hydrogen (secondary N) is 1. The summed E-state index contributed by atoms with van der Waals surface area (Å²) in [5.74, 6) is -0.484. The molecule has 1 aliphatic rings. The lowest BCUT2D eigenvalue weighted by molar-refractivity contribution is 0.404. The Morgan fingerprint density at radius 3 is 2.82 bits per heavy atom. The number of nitrogens with zero attached hydrogens (tertiary/aromatic N) is 1. The molecular formula is C13H16FN3. The minimum Gasteiger partial charge on any atom is -0.380 e. The normalized spacial score (nSPS) is 24.1. The van der Waals surface area contributed by atoms with E-state index in [0.29, 0.717) is 5.69 Å². The second-order valence-electron chi connectivity index (χ2n) is 4.47. The van der Waals surface area contributed by atoms with E-state index in [1.807, 2.05) is 6.07 Å². The monoisotopic (exact) mass is 233 g/mol. The average Bonchev–Trinajstić information content (AvgIpc) is 2.32. The predicted molar refractivity (Wildman–Crippen MR) is 65.0 cm³/mol. The number of nitriles is 1. The highest BCUT2D eigenvalue weighted by atomic mass is 19.1. The molecule has 17 heavy (non-hydrogen) atoms. The van der Waals surface area contributed by atoms with Gasteiger partial charge in [-0.3, -0.25) is 0 Å². The van der Waals surface area contributed by atoms with Gasteiger partial charge >= 0.3 is 0 Å². The van der Waals surface area contributed by atoms with Crippen LogP contribution in [-0.2, 0) is 0 Å². The Labute approximate surface area is 100 Å². The van der Waals surface area contributed by atoms with Gasteiger partial charge < -0.3 is 11.1 Å². The van der Waals surface area contributed by atoms with Crippen molar-refractivity contribution in [2.45, 2.75) is 37.8 Å². The molecule has 0 aliphatic heterocycles. The Bertz CT molecular complexity index is 439. The molecule has 1 fully saturated rings. The van der Waals surface area contributed by atoms with Crippen molar-refractivity contribution in [1.29, 1.82) is 5.26 Å². The molecule has 0 aromatic heterocycles. The van der Waals surface area contributed by atoms with Gasteiger partial charge in [0.2, 0.25) is 0 Å². The molecular weight excluding hydrogens is 217 g/mol. The fraction of sp³-hybridized carbons (Fsp3) is 0.462. The largest absolute Gasteiger partial charge is 0.380 e. The Hall–Kier alpha value is -1.60. The van der Waals surface area contributed by atoms with E-state index in [9.17, 15) is 4.39 Å². The number of nitrogens with two attached hydrogens (primary N) is 1. The maximum absolute atomic E-state index is 13.4. The van der Waals surface area contributed by atoms with Crippen molar-refractivity contribution in [3.63, 3.8) is 0 Å². The van der Waals surface area contributed by atoms with Crippen LogP contribution >= 0.6 is 0 Å². The Morgan fingerprint density at radius 1 is 1.35 bits per heavy atom. The fourth-order valence-corrected chi connectivity index (χ4v) is 2.30. The van der Waals surface area contributed by atoms with Crippen LogP contribution in [-0.4, -0.2) is 12.1 Å². The van der Waals surface area contributed by atoms with Gasteiger partial charge in [0.25, 0.3) is 0 Å². The van der Waals surface area contributed by atoms with E-state index in [2.05, 4.69) is 5.32 Å². The third-order valence-corrected chi connectivity index (χ3v) is 3.29. The number of halogens is 1. The first-order valence-corrected chi connectivity index (χ1v) is 5.93. The SMILES string of the molecule is N#Cc1c(F)cccc1N[C@@H]1CCCC[C@H]1N. The van der Waals surface area contributed by atoms with Crippen molar-refractivity contribution in [1.82, 2.24) is 0 Å². The van der Waals surface area contributed by atoms with Gasteiger partial charge in [-0.1, -0.05) is 18.9 Å². The molecule has 3 N–H and O–H groups in total.